The number of hydrogen-bond acceptors (Lipinski definition) is 2. The Morgan fingerprint density at radius 2 is 1.68 bits per heavy atom. The van der Waals surface area contributed by atoms with Gasteiger partial charge in [0.15, 0.2) is 0 Å². The molecule has 0 bridgehead atoms. The van der Waals surface area contributed by atoms with Crippen molar-refractivity contribution in [3.05, 3.63) is 35.9 Å². The minimum absolute atomic E-state index is 0.0504. The van der Waals surface area contributed by atoms with E-state index in [-0.39, 0.29) is 23.7 Å². The lowest BCUT2D eigenvalue weighted by molar-refractivity contribution is -0.143. The van der Waals surface area contributed by atoms with Crippen LogP contribution in [0.5, 0.6) is 0 Å². The monoisotopic (exact) mass is 344 g/mol. The number of likely N-dealkylation sites (tertiary alicyclic amines) is 1. The van der Waals surface area contributed by atoms with E-state index in [9.17, 15) is 9.59 Å². The summed E-state index contributed by atoms with van der Waals surface area (Å²) in [6, 6.07) is 10.1. The molecule has 4 nitrogen and oxygen atoms in total. The molecule has 25 heavy (non-hydrogen) atoms. The molecule has 1 fully saturated rings. The summed E-state index contributed by atoms with van der Waals surface area (Å²) in [5.74, 6) is 0.695. The Hall–Kier alpha value is -1.84. The number of amides is 2. The molecular weight excluding hydrogens is 312 g/mol. The molecule has 0 N–H and O–H groups in total. The standard InChI is InChI=1S/C21H32N2O2/c1-4-18(5-2)20(24)23-14-12-19(13-15-23)21(25)22(6-3)16-17-10-8-7-9-11-17/h7-11,18-19H,4-6,12-16H2,1-3H3. The van der Waals surface area contributed by atoms with Crippen LogP contribution >= 0.6 is 0 Å². The number of nitrogens with zero attached hydrogens (tertiary/aromatic N) is 2. The lowest BCUT2D eigenvalue weighted by atomic mass is 9.93. The highest BCUT2D eigenvalue weighted by atomic mass is 16.2. The SMILES string of the molecule is CCC(CC)C(=O)N1CCC(C(=O)N(CC)Cc2ccccc2)CC1. The topological polar surface area (TPSA) is 40.6 Å². The predicted octanol–water partition coefficient (Wildman–Crippen LogP) is 3.71. The average molecular weight is 344 g/mol. The van der Waals surface area contributed by atoms with Gasteiger partial charge in [-0.3, -0.25) is 9.59 Å². The zero-order chi connectivity index (χ0) is 18.2. The Balaban J connectivity index is 1.90. The van der Waals surface area contributed by atoms with Crippen molar-refractivity contribution in [2.45, 2.75) is 53.0 Å². The second-order valence-electron chi connectivity index (χ2n) is 6.95. The summed E-state index contributed by atoms with van der Waals surface area (Å²) in [5.41, 5.74) is 1.17. The minimum Gasteiger partial charge on any atom is -0.342 e. The van der Waals surface area contributed by atoms with E-state index in [4.69, 9.17) is 0 Å². The van der Waals surface area contributed by atoms with Gasteiger partial charge in [-0.25, -0.2) is 0 Å². The molecule has 1 aromatic rings. The van der Waals surface area contributed by atoms with Crippen molar-refractivity contribution in [1.82, 2.24) is 9.80 Å². The van der Waals surface area contributed by atoms with Crippen LogP contribution in [-0.2, 0) is 16.1 Å². The predicted molar refractivity (Wildman–Crippen MR) is 101 cm³/mol. The van der Waals surface area contributed by atoms with Gasteiger partial charge in [0, 0.05) is 38.0 Å². The van der Waals surface area contributed by atoms with Crippen molar-refractivity contribution in [3.63, 3.8) is 0 Å². The summed E-state index contributed by atoms with van der Waals surface area (Å²) in [7, 11) is 0. The Labute approximate surface area is 152 Å². The second kappa shape index (κ2) is 9.59. The highest BCUT2D eigenvalue weighted by Crippen LogP contribution is 2.23. The summed E-state index contributed by atoms with van der Waals surface area (Å²) < 4.78 is 0. The third kappa shape index (κ3) is 5.07. The maximum absolute atomic E-state index is 12.9. The first-order valence-electron chi connectivity index (χ1n) is 9.72. The van der Waals surface area contributed by atoms with E-state index < -0.39 is 0 Å². The molecule has 0 unspecified atom stereocenters. The maximum Gasteiger partial charge on any atom is 0.226 e. The van der Waals surface area contributed by atoms with Gasteiger partial charge in [-0.1, -0.05) is 44.2 Å². The molecule has 138 valence electrons. The molecule has 0 aromatic heterocycles. The Bertz CT molecular complexity index is 546. The molecule has 0 saturated carbocycles. The van der Waals surface area contributed by atoms with Gasteiger partial charge in [0.1, 0.15) is 0 Å². The van der Waals surface area contributed by atoms with E-state index in [1.807, 2.05) is 34.9 Å². The van der Waals surface area contributed by atoms with E-state index in [2.05, 4.69) is 26.0 Å². The Kier molecular flexibility index (Phi) is 7.48. The first kappa shape index (κ1) is 19.5. The van der Waals surface area contributed by atoms with Crippen LogP contribution < -0.4 is 0 Å². The van der Waals surface area contributed by atoms with Crippen LogP contribution in [0.2, 0.25) is 0 Å². The van der Waals surface area contributed by atoms with Crippen LogP contribution in [-0.4, -0.2) is 41.2 Å². The molecule has 0 radical (unpaired) electrons. The van der Waals surface area contributed by atoms with Crippen LogP contribution in [0.4, 0.5) is 0 Å². The minimum atomic E-state index is 0.0504. The Morgan fingerprint density at radius 3 is 2.20 bits per heavy atom. The third-order valence-corrected chi connectivity index (χ3v) is 5.40. The molecular formula is C21H32N2O2. The van der Waals surface area contributed by atoms with Crippen LogP contribution in [0.3, 0.4) is 0 Å². The highest BCUT2D eigenvalue weighted by Gasteiger charge is 2.31. The number of rotatable bonds is 7. The van der Waals surface area contributed by atoms with Gasteiger partial charge in [0.25, 0.3) is 0 Å². The summed E-state index contributed by atoms with van der Waals surface area (Å²) in [6.45, 7) is 9.01. The van der Waals surface area contributed by atoms with Gasteiger partial charge in [-0.2, -0.15) is 0 Å². The summed E-state index contributed by atoms with van der Waals surface area (Å²) in [6.07, 6.45) is 3.37. The normalized spacial score (nSPS) is 15.4. The van der Waals surface area contributed by atoms with Gasteiger partial charge < -0.3 is 9.80 Å². The molecule has 4 heteroatoms. The van der Waals surface area contributed by atoms with Crippen molar-refractivity contribution in [3.8, 4) is 0 Å². The van der Waals surface area contributed by atoms with Crippen LogP contribution in [0.25, 0.3) is 0 Å². The lowest BCUT2D eigenvalue weighted by Gasteiger charge is -2.35. The molecule has 1 saturated heterocycles. The smallest absolute Gasteiger partial charge is 0.226 e. The molecule has 1 aromatic carbocycles. The van der Waals surface area contributed by atoms with E-state index in [1.165, 1.54) is 5.56 Å². The van der Waals surface area contributed by atoms with Crippen molar-refractivity contribution in [2.24, 2.45) is 11.8 Å². The van der Waals surface area contributed by atoms with Crippen molar-refractivity contribution in [2.75, 3.05) is 19.6 Å². The first-order chi connectivity index (χ1) is 12.1. The van der Waals surface area contributed by atoms with Gasteiger partial charge in [-0.05, 0) is 38.2 Å². The summed E-state index contributed by atoms with van der Waals surface area (Å²) >= 11 is 0. The zero-order valence-corrected chi connectivity index (χ0v) is 15.9. The fourth-order valence-corrected chi connectivity index (χ4v) is 3.65. The molecule has 1 aliphatic heterocycles. The number of benzene rings is 1. The van der Waals surface area contributed by atoms with Gasteiger partial charge in [-0.15, -0.1) is 0 Å². The quantitative estimate of drug-likeness (QED) is 0.756. The third-order valence-electron chi connectivity index (χ3n) is 5.40. The molecule has 0 spiro atoms. The largest absolute Gasteiger partial charge is 0.342 e. The van der Waals surface area contributed by atoms with Gasteiger partial charge >= 0.3 is 0 Å². The number of piperidine rings is 1. The summed E-state index contributed by atoms with van der Waals surface area (Å²) in [4.78, 5) is 29.3. The van der Waals surface area contributed by atoms with E-state index >= 15 is 0 Å². The van der Waals surface area contributed by atoms with Gasteiger partial charge in [0.2, 0.25) is 11.8 Å². The Morgan fingerprint density at radius 1 is 1.08 bits per heavy atom. The lowest BCUT2D eigenvalue weighted by Crippen LogP contribution is -2.45. The summed E-state index contributed by atoms with van der Waals surface area (Å²) in [5, 5.41) is 0. The fraction of sp³-hybridized carbons (Fsp3) is 0.619. The number of carbonyl (C=O) groups is 2. The maximum atomic E-state index is 12.9. The highest BCUT2D eigenvalue weighted by molar-refractivity contribution is 5.81. The zero-order valence-electron chi connectivity index (χ0n) is 15.9. The molecule has 0 aliphatic carbocycles. The van der Waals surface area contributed by atoms with E-state index in [0.29, 0.717) is 19.6 Å². The van der Waals surface area contributed by atoms with E-state index in [0.717, 1.165) is 32.2 Å². The van der Waals surface area contributed by atoms with Crippen molar-refractivity contribution < 1.29 is 9.59 Å². The van der Waals surface area contributed by atoms with Gasteiger partial charge in [0.05, 0.1) is 0 Å². The number of carbonyl (C=O) groups excluding carboxylic acids is 2. The molecule has 0 atom stereocenters. The molecule has 1 aliphatic rings. The second-order valence-corrected chi connectivity index (χ2v) is 6.95. The average Bonchev–Trinajstić information content (AvgIpc) is 2.67. The number of hydrogen-bond donors (Lipinski definition) is 0. The van der Waals surface area contributed by atoms with Crippen molar-refractivity contribution >= 4 is 11.8 Å². The molecule has 2 amide bonds. The van der Waals surface area contributed by atoms with Crippen LogP contribution in [0.15, 0.2) is 30.3 Å². The molecule has 2 rings (SSSR count). The first-order valence-corrected chi connectivity index (χ1v) is 9.72. The van der Waals surface area contributed by atoms with Crippen LogP contribution in [0, 0.1) is 11.8 Å². The van der Waals surface area contributed by atoms with Crippen LogP contribution in [0.1, 0.15) is 52.0 Å². The van der Waals surface area contributed by atoms with E-state index in [1.54, 1.807) is 0 Å². The van der Waals surface area contributed by atoms with Crippen molar-refractivity contribution in [1.29, 1.82) is 0 Å². The molecule has 1 heterocycles. The fourth-order valence-electron chi connectivity index (χ4n) is 3.65.